The van der Waals surface area contributed by atoms with Crippen LogP contribution >= 0.6 is 11.6 Å². The van der Waals surface area contributed by atoms with Crippen LogP contribution in [0.25, 0.3) is 0 Å². The maximum absolute atomic E-state index is 14.1. The maximum Gasteiger partial charge on any atom is 0.171 e. The molecule has 1 saturated carbocycles. The van der Waals surface area contributed by atoms with Crippen LogP contribution in [0.15, 0.2) is 6.07 Å². The van der Waals surface area contributed by atoms with Crippen LogP contribution < -0.4 is 5.73 Å². The summed E-state index contributed by atoms with van der Waals surface area (Å²) in [4.78, 5) is 0. The lowest BCUT2D eigenvalue weighted by Crippen LogP contribution is -2.39. The molecule has 0 bridgehead atoms. The minimum absolute atomic E-state index is 0.0747. The lowest BCUT2D eigenvalue weighted by atomic mass is 9.77. The van der Waals surface area contributed by atoms with Gasteiger partial charge in [0.1, 0.15) is 0 Å². The van der Waals surface area contributed by atoms with E-state index in [9.17, 15) is 9.50 Å². The predicted molar refractivity (Wildman–Crippen MR) is 66.8 cm³/mol. The van der Waals surface area contributed by atoms with Crippen molar-refractivity contribution in [3.63, 3.8) is 0 Å². The van der Waals surface area contributed by atoms with Crippen LogP contribution in [0.4, 0.5) is 4.39 Å². The fourth-order valence-electron chi connectivity index (χ4n) is 2.57. The average Bonchev–Trinajstić information content (AvgIpc) is 2.32. The smallest absolute Gasteiger partial charge is 0.171 e. The molecule has 17 heavy (non-hydrogen) atoms. The number of rotatable bonds is 1. The Morgan fingerprint density at radius 1 is 1.35 bits per heavy atom. The van der Waals surface area contributed by atoms with Crippen LogP contribution in [0, 0.1) is 12.7 Å². The van der Waals surface area contributed by atoms with E-state index in [0.717, 1.165) is 32.1 Å². The van der Waals surface area contributed by atoms with Gasteiger partial charge in [-0.3, -0.25) is 0 Å². The van der Waals surface area contributed by atoms with Crippen LogP contribution in [0.5, 0.6) is 5.75 Å². The minimum atomic E-state index is -0.662. The number of aromatic hydroxyl groups is 1. The highest BCUT2D eigenvalue weighted by Gasteiger charge is 2.33. The molecule has 2 rings (SSSR count). The van der Waals surface area contributed by atoms with Crippen LogP contribution in [-0.4, -0.2) is 5.11 Å². The Morgan fingerprint density at radius 3 is 2.53 bits per heavy atom. The summed E-state index contributed by atoms with van der Waals surface area (Å²) in [5.41, 5.74) is 6.68. The molecule has 1 aliphatic carbocycles. The first-order valence-electron chi connectivity index (χ1n) is 5.92. The predicted octanol–water partition coefficient (Wildman–Crippen LogP) is 3.61. The number of halogens is 2. The van der Waals surface area contributed by atoms with Crippen LogP contribution in [0.1, 0.15) is 43.2 Å². The zero-order valence-electron chi connectivity index (χ0n) is 9.89. The molecule has 2 nitrogen and oxygen atoms in total. The largest absolute Gasteiger partial charge is 0.504 e. The van der Waals surface area contributed by atoms with Gasteiger partial charge in [0.25, 0.3) is 0 Å². The number of aryl methyl sites for hydroxylation is 1. The standard InChI is InChI=1S/C13H17ClFNO/c1-8-7-9(11(15)12(17)10(8)14)13(16)5-3-2-4-6-13/h7,17H,2-6,16H2,1H3. The molecule has 1 aliphatic rings. The molecule has 0 atom stereocenters. The Bertz CT molecular complexity index is 442. The van der Waals surface area contributed by atoms with Crippen LogP contribution in [0.3, 0.4) is 0 Å². The van der Waals surface area contributed by atoms with Gasteiger partial charge in [0, 0.05) is 11.1 Å². The second-order valence-corrected chi connectivity index (χ2v) is 5.31. The number of phenolic OH excluding ortho intramolecular Hbond substituents is 1. The third kappa shape index (κ3) is 2.14. The van der Waals surface area contributed by atoms with Gasteiger partial charge in [-0.25, -0.2) is 4.39 Å². The second kappa shape index (κ2) is 4.46. The molecule has 0 saturated heterocycles. The maximum atomic E-state index is 14.1. The molecule has 0 aromatic heterocycles. The van der Waals surface area contributed by atoms with Gasteiger partial charge >= 0.3 is 0 Å². The summed E-state index contributed by atoms with van der Waals surface area (Å²) >= 11 is 5.81. The molecule has 1 aromatic rings. The van der Waals surface area contributed by atoms with E-state index < -0.39 is 17.1 Å². The van der Waals surface area contributed by atoms with Crippen LogP contribution in [-0.2, 0) is 5.54 Å². The Balaban J connectivity index is 2.51. The van der Waals surface area contributed by atoms with Crippen molar-refractivity contribution in [3.8, 4) is 5.75 Å². The van der Waals surface area contributed by atoms with Crippen molar-refractivity contribution in [1.82, 2.24) is 0 Å². The summed E-state index contributed by atoms with van der Waals surface area (Å²) < 4.78 is 14.1. The molecule has 0 amide bonds. The van der Waals surface area contributed by atoms with Crippen molar-refractivity contribution in [2.24, 2.45) is 5.73 Å². The molecular weight excluding hydrogens is 241 g/mol. The molecule has 3 N–H and O–H groups in total. The summed E-state index contributed by atoms with van der Waals surface area (Å²) in [6, 6.07) is 1.67. The summed E-state index contributed by atoms with van der Waals surface area (Å²) in [5.74, 6) is -1.14. The molecule has 1 aromatic carbocycles. The van der Waals surface area contributed by atoms with Crippen molar-refractivity contribution < 1.29 is 9.50 Å². The van der Waals surface area contributed by atoms with Gasteiger partial charge in [0.2, 0.25) is 0 Å². The third-order valence-electron chi connectivity index (χ3n) is 3.64. The van der Waals surface area contributed by atoms with Gasteiger partial charge in [-0.05, 0) is 31.4 Å². The van der Waals surface area contributed by atoms with E-state index in [1.807, 2.05) is 0 Å². The van der Waals surface area contributed by atoms with Crippen molar-refractivity contribution in [3.05, 3.63) is 28.0 Å². The Labute approximate surface area is 106 Å². The topological polar surface area (TPSA) is 46.2 Å². The summed E-state index contributed by atoms with van der Waals surface area (Å²) in [7, 11) is 0. The Hall–Kier alpha value is -0.800. The number of hydrogen-bond donors (Lipinski definition) is 2. The van der Waals surface area contributed by atoms with Gasteiger partial charge < -0.3 is 10.8 Å². The zero-order valence-corrected chi connectivity index (χ0v) is 10.6. The number of benzene rings is 1. The van der Waals surface area contributed by atoms with Gasteiger partial charge in [-0.1, -0.05) is 30.9 Å². The first kappa shape index (κ1) is 12.7. The third-order valence-corrected chi connectivity index (χ3v) is 4.12. The van der Waals surface area contributed by atoms with Gasteiger partial charge in [-0.15, -0.1) is 0 Å². The van der Waals surface area contributed by atoms with E-state index in [-0.39, 0.29) is 5.02 Å². The zero-order chi connectivity index (χ0) is 12.6. The van der Waals surface area contributed by atoms with Gasteiger partial charge in [0.15, 0.2) is 11.6 Å². The highest BCUT2D eigenvalue weighted by Crippen LogP contribution is 2.41. The summed E-state index contributed by atoms with van der Waals surface area (Å²) in [6.45, 7) is 1.75. The van der Waals surface area contributed by atoms with Crippen molar-refractivity contribution >= 4 is 11.6 Å². The highest BCUT2D eigenvalue weighted by molar-refractivity contribution is 6.32. The van der Waals surface area contributed by atoms with Crippen molar-refractivity contribution in [2.45, 2.75) is 44.6 Å². The average molecular weight is 258 g/mol. The van der Waals surface area contributed by atoms with Crippen LogP contribution in [0.2, 0.25) is 5.02 Å². The van der Waals surface area contributed by atoms with E-state index in [1.165, 1.54) is 0 Å². The number of phenols is 1. The molecule has 0 aliphatic heterocycles. The quantitative estimate of drug-likeness (QED) is 0.807. The second-order valence-electron chi connectivity index (χ2n) is 4.93. The van der Waals surface area contributed by atoms with E-state index in [0.29, 0.717) is 11.1 Å². The fraction of sp³-hybridized carbons (Fsp3) is 0.538. The molecule has 0 spiro atoms. The van der Waals surface area contributed by atoms with E-state index in [1.54, 1.807) is 13.0 Å². The first-order valence-corrected chi connectivity index (χ1v) is 6.30. The molecule has 0 unspecified atom stereocenters. The lowest BCUT2D eigenvalue weighted by molar-refractivity contribution is 0.288. The SMILES string of the molecule is Cc1cc(C2(N)CCCCC2)c(F)c(O)c1Cl. The van der Waals surface area contributed by atoms with Crippen molar-refractivity contribution in [1.29, 1.82) is 0 Å². The highest BCUT2D eigenvalue weighted by atomic mass is 35.5. The molecule has 94 valence electrons. The van der Waals surface area contributed by atoms with E-state index in [2.05, 4.69) is 0 Å². The van der Waals surface area contributed by atoms with E-state index in [4.69, 9.17) is 17.3 Å². The lowest BCUT2D eigenvalue weighted by Gasteiger charge is -2.34. The Morgan fingerprint density at radius 2 is 1.94 bits per heavy atom. The number of hydrogen-bond acceptors (Lipinski definition) is 2. The molecule has 0 radical (unpaired) electrons. The molecule has 0 heterocycles. The molecule has 1 fully saturated rings. The van der Waals surface area contributed by atoms with Gasteiger partial charge in [0.05, 0.1) is 5.02 Å². The monoisotopic (exact) mass is 257 g/mol. The summed E-state index contributed by atoms with van der Waals surface area (Å²) in [5, 5.41) is 9.73. The Kier molecular flexibility index (Phi) is 3.32. The summed E-state index contributed by atoms with van der Waals surface area (Å²) in [6.07, 6.45) is 4.64. The minimum Gasteiger partial charge on any atom is -0.504 e. The number of nitrogens with two attached hydrogens (primary N) is 1. The van der Waals surface area contributed by atoms with Crippen molar-refractivity contribution in [2.75, 3.05) is 0 Å². The van der Waals surface area contributed by atoms with E-state index >= 15 is 0 Å². The molecule has 4 heteroatoms. The van der Waals surface area contributed by atoms with Gasteiger partial charge in [-0.2, -0.15) is 0 Å². The first-order chi connectivity index (χ1) is 7.96. The fourth-order valence-corrected chi connectivity index (χ4v) is 2.71. The normalized spacial score (nSPS) is 19.3. The molecular formula is C13H17ClFNO.